The van der Waals surface area contributed by atoms with Crippen molar-refractivity contribution in [2.45, 2.75) is 19.8 Å². The molecule has 1 radical (unpaired) electrons. The first kappa shape index (κ1) is 9.07. The summed E-state index contributed by atoms with van der Waals surface area (Å²) in [6, 6.07) is 0. The number of halogens is 2. The number of rotatable bonds is 3. The number of nitrogens with zero attached hydrogens (tertiary/aromatic N) is 1. The number of hydrogen-bond donors (Lipinski definition) is 0. The van der Waals surface area contributed by atoms with E-state index >= 15 is 0 Å². The van der Waals surface area contributed by atoms with Crippen LogP contribution in [0.15, 0.2) is 12.3 Å². The Morgan fingerprint density at radius 2 is 2.20 bits per heavy atom. The zero-order valence-electron chi connectivity index (χ0n) is 5.60. The van der Waals surface area contributed by atoms with Crippen LogP contribution >= 0.6 is 0 Å². The smallest absolute Gasteiger partial charge is 0.273 e. The van der Waals surface area contributed by atoms with E-state index in [1.807, 2.05) is 0 Å². The molecule has 1 amide bonds. The summed E-state index contributed by atoms with van der Waals surface area (Å²) in [7, 11) is 0. The Morgan fingerprint density at radius 1 is 1.60 bits per heavy atom. The quantitative estimate of drug-likeness (QED) is 0.598. The van der Waals surface area contributed by atoms with E-state index in [0.717, 1.165) is 0 Å². The minimum atomic E-state index is -1.94. The van der Waals surface area contributed by atoms with Crippen LogP contribution in [-0.2, 0) is 4.79 Å². The van der Waals surface area contributed by atoms with Crippen LogP contribution in [0.2, 0.25) is 0 Å². The Hall–Kier alpha value is -0.930. The van der Waals surface area contributed by atoms with Crippen molar-refractivity contribution in [3.05, 3.63) is 12.3 Å². The van der Waals surface area contributed by atoms with E-state index in [1.54, 1.807) is 6.92 Å². The van der Waals surface area contributed by atoms with Crippen LogP contribution in [0.4, 0.5) is 8.78 Å². The minimum absolute atomic E-state index is 0.226. The van der Waals surface area contributed by atoms with Gasteiger partial charge in [-0.3, -0.25) is 4.79 Å². The molecule has 0 aromatic carbocycles. The van der Waals surface area contributed by atoms with Gasteiger partial charge in [0.25, 0.3) is 6.08 Å². The van der Waals surface area contributed by atoms with Crippen molar-refractivity contribution in [3.63, 3.8) is 0 Å². The normalized spacial score (nSPS) is 8.70. The molecule has 0 aliphatic rings. The maximum absolute atomic E-state index is 11.3. The molecule has 0 saturated carbocycles. The third-order valence-corrected chi connectivity index (χ3v) is 0.770. The molecule has 0 aliphatic heterocycles. The van der Waals surface area contributed by atoms with Crippen LogP contribution < -0.4 is 5.32 Å². The largest absolute Gasteiger partial charge is 0.288 e. The van der Waals surface area contributed by atoms with Gasteiger partial charge >= 0.3 is 0 Å². The molecule has 0 N–H and O–H groups in total. The Labute approximate surface area is 57.9 Å². The first-order valence-electron chi connectivity index (χ1n) is 2.91. The lowest BCUT2D eigenvalue weighted by Gasteiger charge is -1.90. The highest BCUT2D eigenvalue weighted by Crippen LogP contribution is 1.95. The number of carbonyl (C=O) groups is 1. The summed E-state index contributed by atoms with van der Waals surface area (Å²) >= 11 is 0. The molecule has 0 atom stereocenters. The topological polar surface area (TPSA) is 31.2 Å². The summed E-state index contributed by atoms with van der Waals surface area (Å²) in [5.41, 5.74) is 0. The molecule has 0 aromatic rings. The molecule has 0 rings (SSSR count). The second-order valence-electron chi connectivity index (χ2n) is 1.69. The molecule has 0 bridgehead atoms. The van der Waals surface area contributed by atoms with E-state index in [1.165, 1.54) is 0 Å². The lowest BCUT2D eigenvalue weighted by molar-refractivity contribution is -0.120. The fraction of sp³-hybridized carbons (Fsp3) is 0.500. The molecule has 0 saturated heterocycles. The molecule has 4 heteroatoms. The first-order chi connectivity index (χ1) is 4.66. The molecular formula is C6H8F2NO. The standard InChI is InChI=1S/C6H8F2NO/c1-2-3-6(10)9-4-5(7)8/h4H,2-3H2,1H3. The lowest BCUT2D eigenvalue weighted by Crippen LogP contribution is -2.08. The molecule has 0 aromatic heterocycles. The van der Waals surface area contributed by atoms with Gasteiger partial charge in [0.15, 0.2) is 0 Å². The van der Waals surface area contributed by atoms with Gasteiger partial charge in [-0.2, -0.15) is 8.78 Å². The van der Waals surface area contributed by atoms with Gasteiger partial charge < -0.3 is 0 Å². The van der Waals surface area contributed by atoms with Crippen LogP contribution in [-0.4, -0.2) is 5.91 Å². The number of hydrogen-bond acceptors (Lipinski definition) is 1. The number of amides is 1. The zero-order chi connectivity index (χ0) is 7.98. The summed E-state index contributed by atoms with van der Waals surface area (Å²) in [6.07, 6.45) is -0.810. The second kappa shape index (κ2) is 4.90. The van der Waals surface area contributed by atoms with Crippen LogP contribution in [0.25, 0.3) is 0 Å². The van der Waals surface area contributed by atoms with Gasteiger partial charge in [0.2, 0.25) is 5.91 Å². The molecule has 0 fully saturated rings. The summed E-state index contributed by atoms with van der Waals surface area (Å²) in [6.45, 7) is 1.78. The molecule has 0 heterocycles. The Balaban J connectivity index is 3.49. The van der Waals surface area contributed by atoms with Gasteiger partial charge in [0.1, 0.15) is 0 Å². The highest BCUT2D eigenvalue weighted by atomic mass is 19.3. The van der Waals surface area contributed by atoms with Crippen molar-refractivity contribution in [2.24, 2.45) is 0 Å². The van der Waals surface area contributed by atoms with E-state index in [9.17, 15) is 13.6 Å². The van der Waals surface area contributed by atoms with Crippen LogP contribution in [0.1, 0.15) is 19.8 Å². The highest BCUT2D eigenvalue weighted by molar-refractivity contribution is 5.76. The van der Waals surface area contributed by atoms with Crippen molar-refractivity contribution >= 4 is 5.91 Å². The highest BCUT2D eigenvalue weighted by Gasteiger charge is 1.98. The zero-order valence-corrected chi connectivity index (χ0v) is 5.60. The summed E-state index contributed by atoms with van der Waals surface area (Å²) in [5.74, 6) is -0.504. The van der Waals surface area contributed by atoms with Crippen molar-refractivity contribution in [1.29, 1.82) is 0 Å². The predicted molar refractivity (Wildman–Crippen MR) is 32.3 cm³/mol. The summed E-state index contributed by atoms with van der Waals surface area (Å²) in [5, 5.41) is 2.96. The molecule has 0 spiro atoms. The Morgan fingerprint density at radius 3 is 2.60 bits per heavy atom. The van der Waals surface area contributed by atoms with Crippen LogP contribution in [0.5, 0.6) is 0 Å². The van der Waals surface area contributed by atoms with Gasteiger partial charge in [-0.1, -0.05) is 6.92 Å². The fourth-order valence-corrected chi connectivity index (χ4v) is 0.399. The monoisotopic (exact) mass is 148 g/mol. The molecule has 57 valence electrons. The minimum Gasteiger partial charge on any atom is -0.273 e. The average Bonchev–Trinajstić information content (AvgIpc) is 1.85. The van der Waals surface area contributed by atoms with Crippen molar-refractivity contribution in [2.75, 3.05) is 0 Å². The first-order valence-corrected chi connectivity index (χ1v) is 2.91. The molecule has 2 nitrogen and oxygen atoms in total. The summed E-state index contributed by atoms with van der Waals surface area (Å²) < 4.78 is 22.5. The van der Waals surface area contributed by atoms with E-state index in [4.69, 9.17) is 0 Å². The van der Waals surface area contributed by atoms with E-state index < -0.39 is 12.0 Å². The molecule has 0 aliphatic carbocycles. The Kier molecular flexibility index (Phi) is 4.45. The van der Waals surface area contributed by atoms with Crippen molar-refractivity contribution in [1.82, 2.24) is 5.32 Å². The fourth-order valence-electron chi connectivity index (χ4n) is 0.399. The maximum atomic E-state index is 11.3. The third kappa shape index (κ3) is 5.21. The summed E-state index contributed by atoms with van der Waals surface area (Å²) in [4.78, 5) is 10.4. The van der Waals surface area contributed by atoms with Gasteiger partial charge in [-0.25, -0.2) is 5.32 Å². The van der Waals surface area contributed by atoms with Crippen molar-refractivity contribution < 1.29 is 13.6 Å². The SMILES string of the molecule is CCCC(=O)[N]C=C(F)F. The van der Waals surface area contributed by atoms with Crippen LogP contribution in [0, 0.1) is 0 Å². The second-order valence-corrected chi connectivity index (χ2v) is 1.69. The van der Waals surface area contributed by atoms with E-state index in [2.05, 4.69) is 5.32 Å². The molecule has 0 unspecified atom stereocenters. The van der Waals surface area contributed by atoms with Crippen LogP contribution in [0.3, 0.4) is 0 Å². The van der Waals surface area contributed by atoms with E-state index in [0.29, 0.717) is 6.42 Å². The molecule has 10 heavy (non-hydrogen) atoms. The Bertz CT molecular complexity index is 141. The van der Waals surface area contributed by atoms with Gasteiger partial charge in [-0.15, -0.1) is 0 Å². The number of carbonyl (C=O) groups excluding carboxylic acids is 1. The third-order valence-electron chi connectivity index (χ3n) is 0.770. The lowest BCUT2D eigenvalue weighted by atomic mass is 10.3. The van der Waals surface area contributed by atoms with Gasteiger partial charge in [-0.05, 0) is 6.42 Å². The van der Waals surface area contributed by atoms with Gasteiger partial charge in [0, 0.05) is 6.42 Å². The maximum Gasteiger partial charge on any atom is 0.288 e. The molecular weight excluding hydrogens is 140 g/mol. The predicted octanol–water partition coefficient (Wildman–Crippen LogP) is 1.66. The van der Waals surface area contributed by atoms with Gasteiger partial charge in [0.05, 0.1) is 6.20 Å². The average molecular weight is 148 g/mol. The van der Waals surface area contributed by atoms with Crippen molar-refractivity contribution in [3.8, 4) is 0 Å². The van der Waals surface area contributed by atoms with E-state index in [-0.39, 0.29) is 12.6 Å².